The van der Waals surface area contributed by atoms with Gasteiger partial charge in [0.25, 0.3) is 0 Å². The van der Waals surface area contributed by atoms with Gasteiger partial charge in [-0.15, -0.1) is 0 Å². The highest BCUT2D eigenvalue weighted by molar-refractivity contribution is 5.79. The fourth-order valence-corrected chi connectivity index (χ4v) is 3.38. The highest BCUT2D eigenvalue weighted by atomic mass is 16.1. The topological polar surface area (TPSA) is 97.1 Å². The maximum atomic E-state index is 10.9. The van der Waals surface area contributed by atoms with E-state index in [1.165, 1.54) is 6.92 Å². The molecule has 4 aromatic rings. The molecule has 2 N–H and O–H groups in total. The second kappa shape index (κ2) is 9.34. The van der Waals surface area contributed by atoms with E-state index in [2.05, 4.69) is 20.6 Å². The SMILES string of the molecule is CC(=O)NCCCCNc1nccc(-c2c(-c3cccc(C)n3)nc3ccccn23)n1. The zero-order valence-corrected chi connectivity index (χ0v) is 17.7. The first kappa shape index (κ1) is 20.5. The van der Waals surface area contributed by atoms with Crippen molar-refractivity contribution in [3.63, 3.8) is 0 Å². The lowest BCUT2D eigenvalue weighted by Crippen LogP contribution is -2.21. The van der Waals surface area contributed by atoms with Crippen LogP contribution in [0.5, 0.6) is 0 Å². The van der Waals surface area contributed by atoms with Gasteiger partial charge in [0.15, 0.2) is 0 Å². The highest BCUT2D eigenvalue weighted by Crippen LogP contribution is 2.31. The number of anilines is 1. The van der Waals surface area contributed by atoms with Crippen LogP contribution < -0.4 is 10.6 Å². The van der Waals surface area contributed by atoms with Gasteiger partial charge in [0, 0.05) is 38.1 Å². The summed E-state index contributed by atoms with van der Waals surface area (Å²) in [5, 5.41) is 6.07. The van der Waals surface area contributed by atoms with Gasteiger partial charge in [-0.25, -0.2) is 15.0 Å². The molecule has 0 aromatic carbocycles. The van der Waals surface area contributed by atoms with Crippen LogP contribution in [0.3, 0.4) is 0 Å². The van der Waals surface area contributed by atoms with Gasteiger partial charge in [0.2, 0.25) is 11.9 Å². The van der Waals surface area contributed by atoms with Crippen molar-refractivity contribution in [2.75, 3.05) is 18.4 Å². The minimum Gasteiger partial charge on any atom is -0.356 e. The number of amides is 1. The summed E-state index contributed by atoms with van der Waals surface area (Å²) in [7, 11) is 0. The first-order chi connectivity index (χ1) is 15.1. The molecule has 0 aliphatic heterocycles. The quantitative estimate of drug-likeness (QED) is 0.428. The Morgan fingerprint density at radius 3 is 2.68 bits per heavy atom. The molecule has 0 aliphatic rings. The van der Waals surface area contributed by atoms with Gasteiger partial charge in [-0.1, -0.05) is 12.1 Å². The van der Waals surface area contributed by atoms with E-state index in [1.807, 2.05) is 60.0 Å². The number of unbranched alkanes of at least 4 members (excludes halogenated alkanes) is 1. The lowest BCUT2D eigenvalue weighted by atomic mass is 10.1. The molecule has 0 radical (unpaired) electrons. The standard InChI is InChI=1S/C23H25N7O/c1-16-8-7-9-18(27-16)21-22(30-15-6-3-10-20(30)29-21)19-11-14-26-23(28-19)25-13-5-4-12-24-17(2)31/h3,6-11,14-15H,4-5,12-13H2,1-2H3,(H,24,31)(H,25,26,28). The number of aromatic nitrogens is 5. The van der Waals surface area contributed by atoms with Gasteiger partial charge in [-0.2, -0.15) is 0 Å². The van der Waals surface area contributed by atoms with E-state index >= 15 is 0 Å². The second-order valence-corrected chi connectivity index (χ2v) is 7.28. The summed E-state index contributed by atoms with van der Waals surface area (Å²) in [5.74, 6) is 0.557. The van der Waals surface area contributed by atoms with Gasteiger partial charge in [0.1, 0.15) is 17.0 Å². The van der Waals surface area contributed by atoms with E-state index in [4.69, 9.17) is 9.97 Å². The van der Waals surface area contributed by atoms with Crippen molar-refractivity contribution in [3.8, 4) is 22.8 Å². The minimum atomic E-state index is -0.00377. The average molecular weight is 416 g/mol. The third-order valence-corrected chi connectivity index (χ3v) is 4.82. The molecule has 4 aromatic heterocycles. The molecule has 4 rings (SSSR count). The van der Waals surface area contributed by atoms with Crippen molar-refractivity contribution in [2.45, 2.75) is 26.7 Å². The monoisotopic (exact) mass is 415 g/mol. The van der Waals surface area contributed by atoms with Gasteiger partial charge in [-0.05, 0) is 50.1 Å². The summed E-state index contributed by atoms with van der Waals surface area (Å²) in [6, 6.07) is 13.7. The first-order valence-corrected chi connectivity index (χ1v) is 10.3. The summed E-state index contributed by atoms with van der Waals surface area (Å²) in [6.45, 7) is 4.89. The molecule has 31 heavy (non-hydrogen) atoms. The zero-order chi connectivity index (χ0) is 21.6. The Balaban J connectivity index is 1.61. The van der Waals surface area contributed by atoms with Crippen molar-refractivity contribution in [1.82, 2.24) is 29.7 Å². The van der Waals surface area contributed by atoms with Crippen molar-refractivity contribution >= 4 is 17.5 Å². The number of nitrogens with one attached hydrogen (secondary N) is 2. The molecule has 0 saturated carbocycles. The third kappa shape index (κ3) is 4.85. The van der Waals surface area contributed by atoms with Crippen LogP contribution in [0.25, 0.3) is 28.4 Å². The largest absolute Gasteiger partial charge is 0.356 e. The van der Waals surface area contributed by atoms with E-state index in [0.29, 0.717) is 12.5 Å². The fraction of sp³-hybridized carbons (Fsp3) is 0.261. The molecule has 0 aliphatic carbocycles. The van der Waals surface area contributed by atoms with Gasteiger partial charge in [0.05, 0.1) is 11.4 Å². The van der Waals surface area contributed by atoms with Crippen LogP contribution in [0.1, 0.15) is 25.5 Å². The highest BCUT2D eigenvalue weighted by Gasteiger charge is 2.18. The second-order valence-electron chi connectivity index (χ2n) is 7.28. The van der Waals surface area contributed by atoms with E-state index in [9.17, 15) is 4.79 Å². The van der Waals surface area contributed by atoms with Crippen LogP contribution in [-0.4, -0.2) is 43.3 Å². The van der Waals surface area contributed by atoms with Gasteiger partial charge < -0.3 is 10.6 Å². The number of hydrogen-bond acceptors (Lipinski definition) is 6. The van der Waals surface area contributed by atoms with Crippen LogP contribution in [0.15, 0.2) is 54.9 Å². The van der Waals surface area contributed by atoms with Gasteiger partial charge in [-0.3, -0.25) is 14.2 Å². The van der Waals surface area contributed by atoms with Crippen molar-refractivity contribution < 1.29 is 4.79 Å². The Hall–Kier alpha value is -3.81. The number of hydrogen-bond donors (Lipinski definition) is 2. The number of aryl methyl sites for hydroxylation is 1. The fourth-order valence-electron chi connectivity index (χ4n) is 3.38. The van der Waals surface area contributed by atoms with E-state index in [-0.39, 0.29) is 5.91 Å². The third-order valence-electron chi connectivity index (χ3n) is 4.82. The van der Waals surface area contributed by atoms with Crippen LogP contribution >= 0.6 is 0 Å². The van der Waals surface area contributed by atoms with E-state index in [0.717, 1.165) is 53.5 Å². The lowest BCUT2D eigenvalue weighted by molar-refractivity contribution is -0.118. The molecule has 8 heteroatoms. The zero-order valence-electron chi connectivity index (χ0n) is 17.7. The Kier molecular flexibility index (Phi) is 6.16. The molecule has 0 fully saturated rings. The van der Waals surface area contributed by atoms with Crippen LogP contribution in [0.2, 0.25) is 0 Å². The predicted octanol–water partition coefficient (Wildman–Crippen LogP) is 3.49. The number of rotatable bonds is 8. The predicted molar refractivity (Wildman–Crippen MR) is 121 cm³/mol. The number of pyridine rings is 2. The number of carbonyl (C=O) groups excluding carboxylic acids is 1. The average Bonchev–Trinajstić information content (AvgIpc) is 3.16. The number of imidazole rings is 1. The molecule has 0 unspecified atom stereocenters. The van der Waals surface area contributed by atoms with Gasteiger partial charge >= 0.3 is 0 Å². The van der Waals surface area contributed by atoms with Crippen LogP contribution in [-0.2, 0) is 4.79 Å². The molecule has 0 atom stereocenters. The Morgan fingerprint density at radius 1 is 0.968 bits per heavy atom. The normalized spacial score (nSPS) is 10.9. The Morgan fingerprint density at radius 2 is 1.84 bits per heavy atom. The van der Waals surface area contributed by atoms with Crippen LogP contribution in [0, 0.1) is 6.92 Å². The van der Waals surface area contributed by atoms with E-state index < -0.39 is 0 Å². The van der Waals surface area contributed by atoms with Crippen molar-refractivity contribution in [1.29, 1.82) is 0 Å². The number of fused-ring (bicyclic) bond motifs is 1. The molecule has 4 heterocycles. The summed E-state index contributed by atoms with van der Waals surface area (Å²) in [6.07, 6.45) is 5.52. The lowest BCUT2D eigenvalue weighted by Gasteiger charge is -2.08. The first-order valence-electron chi connectivity index (χ1n) is 10.3. The molecule has 8 nitrogen and oxygen atoms in total. The smallest absolute Gasteiger partial charge is 0.223 e. The van der Waals surface area contributed by atoms with E-state index in [1.54, 1.807) is 6.20 Å². The summed E-state index contributed by atoms with van der Waals surface area (Å²) in [4.78, 5) is 29.5. The molecular formula is C23H25N7O. The van der Waals surface area contributed by atoms with Crippen molar-refractivity contribution in [2.24, 2.45) is 0 Å². The number of nitrogens with zero attached hydrogens (tertiary/aromatic N) is 5. The minimum absolute atomic E-state index is 0.00377. The molecule has 0 bridgehead atoms. The molecule has 158 valence electrons. The maximum Gasteiger partial charge on any atom is 0.223 e. The molecule has 1 amide bonds. The molecule has 0 saturated heterocycles. The summed E-state index contributed by atoms with van der Waals surface area (Å²) in [5.41, 5.74) is 5.02. The summed E-state index contributed by atoms with van der Waals surface area (Å²) < 4.78 is 2.03. The maximum absolute atomic E-state index is 10.9. The Bertz CT molecular complexity index is 1200. The number of carbonyl (C=O) groups is 1. The summed E-state index contributed by atoms with van der Waals surface area (Å²) >= 11 is 0. The Labute approximate surface area is 180 Å². The van der Waals surface area contributed by atoms with Crippen LogP contribution in [0.4, 0.5) is 5.95 Å². The molecular weight excluding hydrogens is 390 g/mol. The van der Waals surface area contributed by atoms with Crippen molar-refractivity contribution in [3.05, 3.63) is 60.6 Å². The molecule has 0 spiro atoms.